The van der Waals surface area contributed by atoms with E-state index in [1.54, 1.807) is 24.3 Å². The molecule has 1 atom stereocenters. The van der Waals surface area contributed by atoms with Crippen LogP contribution in [0.3, 0.4) is 0 Å². The van der Waals surface area contributed by atoms with Crippen molar-refractivity contribution in [3.8, 4) is 11.5 Å². The van der Waals surface area contributed by atoms with Crippen molar-refractivity contribution in [3.05, 3.63) is 59.7 Å². The minimum atomic E-state index is -0.198. The Kier molecular flexibility index (Phi) is 5.08. The predicted molar refractivity (Wildman–Crippen MR) is 120 cm³/mol. The van der Waals surface area contributed by atoms with Crippen LogP contribution >= 0.6 is 45.2 Å². The topological polar surface area (TPSA) is 40.5 Å². The highest BCUT2D eigenvalue weighted by molar-refractivity contribution is 14.2. The minimum Gasteiger partial charge on any atom is -0.508 e. The van der Waals surface area contributed by atoms with E-state index in [-0.39, 0.29) is 12.3 Å². The Morgan fingerprint density at radius 3 is 1.60 bits per heavy atom. The molecule has 0 heterocycles. The van der Waals surface area contributed by atoms with Gasteiger partial charge in [0.25, 0.3) is 0 Å². The Morgan fingerprint density at radius 1 is 0.800 bits per heavy atom. The normalized spacial score (nSPS) is 24.0. The van der Waals surface area contributed by atoms with Gasteiger partial charge in [-0.3, -0.25) is 0 Å². The summed E-state index contributed by atoms with van der Waals surface area (Å²) in [5, 5.41) is 19.6. The molecule has 4 heteroatoms. The Balaban J connectivity index is 2.31. The molecule has 25 heavy (non-hydrogen) atoms. The van der Waals surface area contributed by atoms with E-state index in [2.05, 4.69) is 90.2 Å². The molecule has 0 radical (unpaired) electrons. The number of alkyl halides is 2. The average Bonchev–Trinajstić information content (AvgIpc) is 2.52. The van der Waals surface area contributed by atoms with Crippen LogP contribution in [-0.4, -0.2) is 11.6 Å². The van der Waals surface area contributed by atoms with Gasteiger partial charge in [0.1, 0.15) is 11.5 Å². The molecule has 2 aromatic carbocycles. The largest absolute Gasteiger partial charge is 0.508 e. The maximum absolute atomic E-state index is 9.79. The first-order valence-electron chi connectivity index (χ1n) is 8.57. The van der Waals surface area contributed by atoms with Crippen LogP contribution in [0.15, 0.2) is 48.5 Å². The van der Waals surface area contributed by atoms with Crippen molar-refractivity contribution < 1.29 is 10.2 Å². The Morgan fingerprint density at radius 2 is 1.20 bits per heavy atom. The molecule has 2 nitrogen and oxygen atoms in total. The first-order chi connectivity index (χ1) is 11.6. The quantitative estimate of drug-likeness (QED) is 0.329. The number of halogens is 2. The molecule has 3 rings (SSSR count). The van der Waals surface area contributed by atoms with Gasteiger partial charge in [0.15, 0.2) is 0 Å². The monoisotopic (exact) mass is 562 g/mol. The van der Waals surface area contributed by atoms with Gasteiger partial charge in [-0.25, -0.2) is 0 Å². The number of benzene rings is 2. The Hall–Kier alpha value is -0.500. The molecule has 2 N–H and O–H groups in total. The molecule has 1 saturated carbocycles. The highest BCUT2D eigenvalue weighted by Gasteiger charge is 2.61. The summed E-state index contributed by atoms with van der Waals surface area (Å²) in [7, 11) is 0. The Labute approximate surface area is 177 Å². The van der Waals surface area contributed by atoms with E-state index in [0.717, 1.165) is 6.42 Å². The second kappa shape index (κ2) is 6.59. The smallest absolute Gasteiger partial charge is 0.115 e. The third kappa shape index (κ3) is 3.07. The number of hydrogen-bond donors (Lipinski definition) is 2. The summed E-state index contributed by atoms with van der Waals surface area (Å²) < 4.78 is -0.0595. The summed E-state index contributed by atoms with van der Waals surface area (Å²) in [4.78, 5) is 0. The summed E-state index contributed by atoms with van der Waals surface area (Å²) in [5.74, 6) is 1.16. The first kappa shape index (κ1) is 19.3. The van der Waals surface area contributed by atoms with Crippen LogP contribution in [0.25, 0.3) is 0 Å². The van der Waals surface area contributed by atoms with Crippen molar-refractivity contribution in [2.24, 2.45) is 11.3 Å². The van der Waals surface area contributed by atoms with Crippen molar-refractivity contribution >= 4 is 45.2 Å². The first-order valence-corrected chi connectivity index (χ1v) is 10.7. The van der Waals surface area contributed by atoms with Gasteiger partial charge < -0.3 is 10.2 Å². The van der Waals surface area contributed by atoms with Crippen molar-refractivity contribution in [2.45, 2.75) is 40.5 Å². The Bertz CT molecular complexity index is 703. The number of hydrogen-bond acceptors (Lipinski definition) is 2. The van der Waals surface area contributed by atoms with Gasteiger partial charge in [0.05, 0.1) is 1.43 Å². The maximum atomic E-state index is 9.79. The van der Waals surface area contributed by atoms with Crippen LogP contribution in [0.5, 0.6) is 11.5 Å². The van der Waals surface area contributed by atoms with E-state index in [1.165, 1.54) is 17.5 Å². The van der Waals surface area contributed by atoms with Crippen molar-refractivity contribution in [1.29, 1.82) is 0 Å². The van der Waals surface area contributed by atoms with Crippen LogP contribution in [0.4, 0.5) is 0 Å². The summed E-state index contributed by atoms with van der Waals surface area (Å²) in [6, 6.07) is 15.4. The average molecular weight is 562 g/mol. The maximum Gasteiger partial charge on any atom is 0.115 e. The molecule has 0 bridgehead atoms. The van der Waals surface area contributed by atoms with Crippen LogP contribution < -0.4 is 0 Å². The van der Waals surface area contributed by atoms with Crippen LogP contribution in [0.1, 0.15) is 44.7 Å². The molecule has 2 aromatic rings. The third-order valence-corrected chi connectivity index (χ3v) is 10.4. The van der Waals surface area contributed by atoms with Gasteiger partial charge in [-0.1, -0.05) is 90.2 Å². The predicted octanol–water partition coefficient (Wildman–Crippen LogP) is 6.41. The zero-order valence-corrected chi connectivity index (χ0v) is 19.1. The van der Waals surface area contributed by atoms with Crippen LogP contribution in [0, 0.1) is 11.3 Å². The summed E-state index contributed by atoms with van der Waals surface area (Å²) >= 11 is 5.29. The second-order valence-electron chi connectivity index (χ2n) is 7.97. The molecule has 1 aliphatic carbocycles. The van der Waals surface area contributed by atoms with E-state index in [1.807, 2.05) is 0 Å². The van der Waals surface area contributed by atoms with Crippen LogP contribution in [-0.2, 0) is 5.41 Å². The van der Waals surface area contributed by atoms with Gasteiger partial charge in [-0.05, 0) is 59.6 Å². The van der Waals surface area contributed by atoms with E-state index < -0.39 is 0 Å². The summed E-state index contributed by atoms with van der Waals surface area (Å²) in [6.45, 7) is 7.05. The van der Waals surface area contributed by atoms with E-state index in [9.17, 15) is 10.2 Å². The molecule has 0 amide bonds. The number of phenols is 2. The highest BCUT2D eigenvalue weighted by Crippen LogP contribution is 2.67. The fraction of sp³-hybridized carbons (Fsp3) is 0.429. The molecule has 0 aliphatic heterocycles. The van der Waals surface area contributed by atoms with Crippen molar-refractivity contribution in [2.75, 3.05) is 0 Å². The molecule has 0 spiro atoms. The lowest BCUT2D eigenvalue weighted by molar-refractivity contribution is 0.137. The molecule has 1 fully saturated rings. The number of phenolic OH excluding ortho intramolecular Hbond substituents is 2. The third-order valence-electron chi connectivity index (χ3n) is 5.62. The zero-order valence-electron chi connectivity index (χ0n) is 14.8. The van der Waals surface area contributed by atoms with Gasteiger partial charge >= 0.3 is 0 Å². The van der Waals surface area contributed by atoms with Gasteiger partial charge in [-0.15, -0.1) is 0 Å². The molecular weight excluding hydrogens is 538 g/mol. The number of aromatic hydroxyl groups is 2. The van der Waals surface area contributed by atoms with E-state index >= 15 is 0 Å². The molecule has 0 saturated heterocycles. The number of rotatable bonds is 2. The summed E-state index contributed by atoms with van der Waals surface area (Å²) in [6.07, 6.45) is 2.22. The molecule has 1 unspecified atom stereocenters. The fourth-order valence-electron chi connectivity index (χ4n) is 4.56. The minimum absolute atomic E-state index is 0.0595. The van der Waals surface area contributed by atoms with Crippen molar-refractivity contribution in [1.82, 2.24) is 0 Å². The highest BCUT2D eigenvalue weighted by atomic mass is 127. The standard InChI is InChI=1S/C21H24I2O2/c1-14-12-19(2,3)21(22,23)20(13-14,15-4-8-17(24)9-5-15)16-6-10-18(25)11-7-16/h4-11,14,24-25H,12-13H2,1-3H3. The molecule has 1 aliphatic rings. The van der Waals surface area contributed by atoms with Gasteiger partial charge in [-0.2, -0.15) is 0 Å². The lowest BCUT2D eigenvalue weighted by atomic mass is 9.55. The van der Waals surface area contributed by atoms with Crippen molar-refractivity contribution in [3.63, 3.8) is 0 Å². The second-order valence-corrected chi connectivity index (χ2v) is 13.3. The van der Waals surface area contributed by atoms with Gasteiger partial charge in [0, 0.05) is 5.41 Å². The van der Waals surface area contributed by atoms with Crippen LogP contribution in [0.2, 0.25) is 0 Å². The lowest BCUT2D eigenvalue weighted by Crippen LogP contribution is -2.57. The molecular formula is C21H24I2O2. The fourth-order valence-corrected chi connectivity index (χ4v) is 6.68. The SMILES string of the molecule is CC1CC(C)(C)C(I)(I)C(c2ccc(O)cc2)(c2ccc(O)cc2)C1. The van der Waals surface area contributed by atoms with Gasteiger partial charge in [0.2, 0.25) is 0 Å². The molecule has 134 valence electrons. The summed E-state index contributed by atoms with van der Waals surface area (Å²) in [5.41, 5.74) is 2.37. The van der Waals surface area contributed by atoms with E-state index in [4.69, 9.17) is 0 Å². The zero-order chi connectivity index (χ0) is 18.5. The lowest BCUT2D eigenvalue weighted by Gasteiger charge is -2.58. The molecule has 0 aromatic heterocycles. The van der Waals surface area contributed by atoms with E-state index in [0.29, 0.717) is 17.4 Å².